The van der Waals surface area contributed by atoms with Gasteiger partial charge >= 0.3 is 0 Å². The van der Waals surface area contributed by atoms with Crippen LogP contribution in [0.2, 0.25) is 0 Å². The first-order valence-corrected chi connectivity index (χ1v) is 7.02. The lowest BCUT2D eigenvalue weighted by Crippen LogP contribution is -2.32. The third kappa shape index (κ3) is 4.40. The van der Waals surface area contributed by atoms with E-state index in [0.717, 1.165) is 37.1 Å². The fourth-order valence-corrected chi connectivity index (χ4v) is 2.52. The quantitative estimate of drug-likeness (QED) is 0.626. The van der Waals surface area contributed by atoms with Gasteiger partial charge in [0.25, 0.3) is 0 Å². The first kappa shape index (κ1) is 14.2. The molecule has 1 atom stereocenters. The molecule has 19 heavy (non-hydrogen) atoms. The molecule has 1 fully saturated rings. The maximum Gasteiger partial charge on any atom is 0.121 e. The number of nitrogen functional groups attached to an aromatic ring is 1. The smallest absolute Gasteiger partial charge is 0.121 e. The number of likely N-dealkylation sites (tertiary alicyclic amines) is 1. The molecular formula is C15H25N3O. The van der Waals surface area contributed by atoms with E-state index in [1.807, 2.05) is 24.3 Å². The third-order valence-corrected chi connectivity index (χ3v) is 3.72. The van der Waals surface area contributed by atoms with Gasteiger partial charge in [-0.15, -0.1) is 0 Å². The molecule has 1 aliphatic heterocycles. The van der Waals surface area contributed by atoms with Crippen molar-refractivity contribution in [2.75, 3.05) is 46.1 Å². The molecule has 4 nitrogen and oxygen atoms in total. The Bertz CT molecular complexity index is 395. The van der Waals surface area contributed by atoms with Gasteiger partial charge in [0.15, 0.2) is 0 Å². The Hall–Kier alpha value is -1.26. The van der Waals surface area contributed by atoms with Crippen molar-refractivity contribution in [2.45, 2.75) is 18.9 Å². The minimum absolute atomic E-state index is 0.717. The summed E-state index contributed by atoms with van der Waals surface area (Å²) in [5.41, 5.74) is 6.47. The summed E-state index contributed by atoms with van der Waals surface area (Å²) in [4.78, 5) is 4.84. The van der Waals surface area contributed by atoms with Crippen molar-refractivity contribution < 1.29 is 4.74 Å². The van der Waals surface area contributed by atoms with Crippen molar-refractivity contribution in [3.05, 3.63) is 24.3 Å². The normalized spacial score (nSPS) is 20.1. The van der Waals surface area contributed by atoms with Crippen molar-refractivity contribution in [1.82, 2.24) is 9.80 Å². The molecule has 106 valence electrons. The van der Waals surface area contributed by atoms with Crippen LogP contribution in [0.1, 0.15) is 12.8 Å². The predicted molar refractivity (Wildman–Crippen MR) is 79.5 cm³/mol. The number of rotatable bonds is 6. The largest absolute Gasteiger partial charge is 0.493 e. The number of anilines is 1. The predicted octanol–water partition coefficient (Wildman–Crippen LogP) is 1.67. The van der Waals surface area contributed by atoms with E-state index >= 15 is 0 Å². The van der Waals surface area contributed by atoms with E-state index in [1.54, 1.807) is 0 Å². The lowest BCUT2D eigenvalue weighted by Gasteiger charge is -2.20. The molecule has 0 spiro atoms. The Morgan fingerprint density at radius 2 is 2.26 bits per heavy atom. The van der Waals surface area contributed by atoms with Gasteiger partial charge in [-0.3, -0.25) is 0 Å². The highest BCUT2D eigenvalue weighted by Gasteiger charge is 2.23. The summed E-state index contributed by atoms with van der Waals surface area (Å²) in [7, 11) is 4.33. The van der Waals surface area contributed by atoms with Crippen LogP contribution in [0.25, 0.3) is 0 Å². The Morgan fingerprint density at radius 3 is 2.95 bits per heavy atom. The zero-order valence-electron chi connectivity index (χ0n) is 12.0. The van der Waals surface area contributed by atoms with Gasteiger partial charge in [0.1, 0.15) is 5.75 Å². The second-order valence-electron chi connectivity index (χ2n) is 5.48. The molecule has 1 heterocycles. The molecule has 0 saturated carbocycles. The number of nitrogens with zero attached hydrogens (tertiary/aromatic N) is 2. The van der Waals surface area contributed by atoms with E-state index < -0.39 is 0 Å². The van der Waals surface area contributed by atoms with Crippen molar-refractivity contribution in [2.24, 2.45) is 0 Å². The van der Waals surface area contributed by atoms with Gasteiger partial charge in [-0.2, -0.15) is 0 Å². The minimum Gasteiger partial charge on any atom is -0.493 e. The Kier molecular flexibility index (Phi) is 5.05. The maximum atomic E-state index is 5.71. The van der Waals surface area contributed by atoms with E-state index in [-0.39, 0.29) is 0 Å². The molecule has 0 radical (unpaired) electrons. The topological polar surface area (TPSA) is 41.7 Å². The Balaban J connectivity index is 1.62. The first-order valence-electron chi connectivity index (χ1n) is 7.02. The second kappa shape index (κ2) is 6.78. The summed E-state index contributed by atoms with van der Waals surface area (Å²) in [6.45, 7) is 4.27. The van der Waals surface area contributed by atoms with Crippen LogP contribution in [0.4, 0.5) is 5.69 Å². The SMILES string of the molecule is CN(C)C1CCN(CCCOc2cccc(N)c2)C1. The molecule has 4 heteroatoms. The highest BCUT2D eigenvalue weighted by molar-refractivity contribution is 5.43. The van der Waals surface area contributed by atoms with E-state index in [0.29, 0.717) is 0 Å². The van der Waals surface area contributed by atoms with Crippen molar-refractivity contribution >= 4 is 5.69 Å². The summed E-state index contributed by atoms with van der Waals surface area (Å²) in [6, 6.07) is 8.34. The monoisotopic (exact) mass is 263 g/mol. The summed E-state index contributed by atoms with van der Waals surface area (Å²) >= 11 is 0. The lowest BCUT2D eigenvalue weighted by atomic mass is 10.2. The summed E-state index contributed by atoms with van der Waals surface area (Å²) < 4.78 is 5.70. The van der Waals surface area contributed by atoms with Crippen LogP contribution in [0.5, 0.6) is 5.75 Å². The fraction of sp³-hybridized carbons (Fsp3) is 0.600. The van der Waals surface area contributed by atoms with Gasteiger partial charge in [0.05, 0.1) is 6.61 Å². The van der Waals surface area contributed by atoms with Crippen LogP contribution in [-0.4, -0.2) is 56.2 Å². The third-order valence-electron chi connectivity index (χ3n) is 3.72. The molecule has 0 bridgehead atoms. The van der Waals surface area contributed by atoms with Crippen LogP contribution in [-0.2, 0) is 0 Å². The number of likely N-dealkylation sites (N-methyl/N-ethyl adjacent to an activating group) is 1. The van der Waals surface area contributed by atoms with Crippen LogP contribution >= 0.6 is 0 Å². The number of nitrogens with two attached hydrogens (primary N) is 1. The van der Waals surface area contributed by atoms with Crippen LogP contribution in [0.15, 0.2) is 24.3 Å². The number of hydrogen-bond acceptors (Lipinski definition) is 4. The summed E-state index contributed by atoms with van der Waals surface area (Å²) in [5.74, 6) is 0.868. The van der Waals surface area contributed by atoms with Gasteiger partial charge in [-0.1, -0.05) is 6.07 Å². The molecule has 1 aliphatic rings. The fourth-order valence-electron chi connectivity index (χ4n) is 2.52. The second-order valence-corrected chi connectivity index (χ2v) is 5.48. The van der Waals surface area contributed by atoms with Crippen molar-refractivity contribution in [3.63, 3.8) is 0 Å². The van der Waals surface area contributed by atoms with E-state index in [4.69, 9.17) is 10.5 Å². The molecule has 1 unspecified atom stereocenters. The lowest BCUT2D eigenvalue weighted by molar-refractivity contribution is 0.242. The molecule has 0 amide bonds. The first-order chi connectivity index (χ1) is 9.15. The molecule has 0 aromatic heterocycles. The van der Waals surface area contributed by atoms with Gasteiger partial charge in [0, 0.05) is 30.9 Å². The highest BCUT2D eigenvalue weighted by atomic mass is 16.5. The minimum atomic E-state index is 0.717. The highest BCUT2D eigenvalue weighted by Crippen LogP contribution is 2.16. The molecule has 1 saturated heterocycles. The van der Waals surface area contributed by atoms with Gasteiger partial charge in [0.2, 0.25) is 0 Å². The van der Waals surface area contributed by atoms with E-state index in [1.165, 1.54) is 19.5 Å². The summed E-state index contributed by atoms with van der Waals surface area (Å²) in [6.07, 6.45) is 2.35. The average molecular weight is 263 g/mol. The molecule has 1 aromatic rings. The van der Waals surface area contributed by atoms with Crippen LogP contribution in [0.3, 0.4) is 0 Å². The number of benzene rings is 1. The Labute approximate surface area is 116 Å². The zero-order valence-corrected chi connectivity index (χ0v) is 12.0. The number of hydrogen-bond donors (Lipinski definition) is 1. The molecule has 2 rings (SSSR count). The zero-order chi connectivity index (χ0) is 13.7. The van der Waals surface area contributed by atoms with Gasteiger partial charge < -0.3 is 20.3 Å². The Morgan fingerprint density at radius 1 is 1.42 bits per heavy atom. The molecule has 0 aliphatic carbocycles. The van der Waals surface area contributed by atoms with Crippen LogP contribution in [0, 0.1) is 0 Å². The van der Waals surface area contributed by atoms with Gasteiger partial charge in [-0.25, -0.2) is 0 Å². The standard InChI is InChI=1S/C15H25N3O/c1-17(2)14-7-9-18(12-14)8-4-10-19-15-6-3-5-13(16)11-15/h3,5-6,11,14H,4,7-10,12,16H2,1-2H3. The van der Waals surface area contributed by atoms with Crippen molar-refractivity contribution in [1.29, 1.82) is 0 Å². The van der Waals surface area contributed by atoms with Gasteiger partial charge in [-0.05, 0) is 45.6 Å². The number of ether oxygens (including phenoxy) is 1. The van der Waals surface area contributed by atoms with Crippen LogP contribution < -0.4 is 10.5 Å². The molecule has 1 aromatic carbocycles. The average Bonchev–Trinajstić information content (AvgIpc) is 2.84. The van der Waals surface area contributed by atoms with E-state index in [2.05, 4.69) is 23.9 Å². The maximum absolute atomic E-state index is 5.71. The summed E-state index contributed by atoms with van der Waals surface area (Å²) in [5, 5.41) is 0. The van der Waals surface area contributed by atoms with Crippen molar-refractivity contribution in [3.8, 4) is 5.75 Å². The van der Waals surface area contributed by atoms with E-state index in [9.17, 15) is 0 Å². The molecule has 2 N–H and O–H groups in total. The molecular weight excluding hydrogens is 238 g/mol.